The summed E-state index contributed by atoms with van der Waals surface area (Å²) in [5, 5.41) is 5.33. The van der Waals surface area contributed by atoms with Gasteiger partial charge in [-0.15, -0.1) is 0 Å². The number of benzene rings is 2. The molecular weight excluding hydrogens is 356 g/mol. The van der Waals surface area contributed by atoms with E-state index in [-0.39, 0.29) is 11.8 Å². The Morgan fingerprint density at radius 2 is 1.75 bits per heavy atom. The number of anilines is 1. The molecule has 0 bridgehead atoms. The van der Waals surface area contributed by atoms with Gasteiger partial charge in [-0.3, -0.25) is 9.59 Å². The van der Waals surface area contributed by atoms with E-state index < -0.39 is 12.1 Å². The largest absolute Gasteiger partial charge is 0.352 e. The second-order valence-corrected chi connectivity index (χ2v) is 6.78. The van der Waals surface area contributed by atoms with Crippen molar-refractivity contribution in [1.82, 2.24) is 10.6 Å². The van der Waals surface area contributed by atoms with Crippen LogP contribution >= 0.6 is 0 Å². The van der Waals surface area contributed by atoms with Gasteiger partial charge in [-0.05, 0) is 29.7 Å². The van der Waals surface area contributed by atoms with E-state index in [1.54, 1.807) is 4.90 Å². The summed E-state index contributed by atoms with van der Waals surface area (Å²) < 4.78 is 0. The predicted molar refractivity (Wildman–Crippen MR) is 107 cm³/mol. The van der Waals surface area contributed by atoms with Gasteiger partial charge in [0.15, 0.2) is 0 Å². The maximum Gasteiger partial charge on any atom is 0.312 e. The molecule has 0 spiro atoms. The standard InChI is InChI=1S/C21H24N4O3/c22-21(28)24-18(13-15-5-2-1-3-6-15)20(27)23-14-16-8-10-17(11-9-16)25-12-4-7-19(25)26/h1-3,5-6,8-11,18H,4,7,12-14H2,(H,23,27)(H3,22,24,28)/t18-/m1/s1. The lowest BCUT2D eigenvalue weighted by Crippen LogP contribution is -2.49. The Bertz CT molecular complexity index is 836. The van der Waals surface area contributed by atoms with Gasteiger partial charge in [0, 0.05) is 31.6 Å². The first-order valence-corrected chi connectivity index (χ1v) is 9.30. The number of carbonyl (C=O) groups is 3. The Balaban J connectivity index is 1.58. The number of hydrogen-bond acceptors (Lipinski definition) is 3. The highest BCUT2D eigenvalue weighted by molar-refractivity contribution is 5.95. The Kier molecular flexibility index (Phi) is 6.26. The molecule has 1 atom stereocenters. The van der Waals surface area contributed by atoms with Crippen molar-refractivity contribution in [3.05, 3.63) is 65.7 Å². The molecular formula is C21H24N4O3. The molecule has 0 radical (unpaired) electrons. The van der Waals surface area contributed by atoms with E-state index in [0.29, 0.717) is 19.4 Å². The van der Waals surface area contributed by atoms with Crippen LogP contribution in [0.4, 0.5) is 10.5 Å². The topological polar surface area (TPSA) is 105 Å². The zero-order valence-corrected chi connectivity index (χ0v) is 15.6. The maximum atomic E-state index is 12.5. The molecule has 0 saturated carbocycles. The number of nitrogens with one attached hydrogen (secondary N) is 2. The summed E-state index contributed by atoms with van der Waals surface area (Å²) in [7, 11) is 0. The fraction of sp³-hybridized carbons (Fsp3) is 0.286. The van der Waals surface area contributed by atoms with E-state index in [9.17, 15) is 14.4 Å². The molecule has 0 unspecified atom stereocenters. The van der Waals surface area contributed by atoms with Crippen molar-refractivity contribution in [2.45, 2.75) is 31.8 Å². The summed E-state index contributed by atoms with van der Waals surface area (Å²) in [6.45, 7) is 1.06. The van der Waals surface area contributed by atoms with Gasteiger partial charge in [-0.25, -0.2) is 4.79 Å². The number of primary amides is 1. The van der Waals surface area contributed by atoms with Crippen molar-refractivity contribution in [2.24, 2.45) is 5.73 Å². The molecule has 146 valence electrons. The predicted octanol–water partition coefficient (Wildman–Crippen LogP) is 1.71. The van der Waals surface area contributed by atoms with Crippen LogP contribution in [0, 0.1) is 0 Å². The van der Waals surface area contributed by atoms with Crippen LogP contribution in [0.1, 0.15) is 24.0 Å². The summed E-state index contributed by atoms with van der Waals surface area (Å²) in [5.41, 5.74) is 7.92. The first-order valence-electron chi connectivity index (χ1n) is 9.30. The molecule has 7 nitrogen and oxygen atoms in total. The third-order valence-corrected chi connectivity index (χ3v) is 4.70. The molecule has 1 aliphatic rings. The number of rotatable bonds is 7. The quantitative estimate of drug-likeness (QED) is 0.681. The van der Waals surface area contributed by atoms with Crippen LogP contribution in [0.15, 0.2) is 54.6 Å². The van der Waals surface area contributed by atoms with Crippen molar-refractivity contribution in [3.63, 3.8) is 0 Å². The van der Waals surface area contributed by atoms with Crippen LogP contribution in [-0.2, 0) is 22.6 Å². The van der Waals surface area contributed by atoms with Gasteiger partial charge in [-0.1, -0.05) is 42.5 Å². The minimum atomic E-state index is -0.749. The maximum absolute atomic E-state index is 12.5. The summed E-state index contributed by atoms with van der Waals surface area (Å²) in [6, 6.07) is 15.5. The Morgan fingerprint density at radius 1 is 1.04 bits per heavy atom. The average molecular weight is 380 g/mol. The number of hydrogen-bond donors (Lipinski definition) is 3. The van der Waals surface area contributed by atoms with Gasteiger partial charge < -0.3 is 21.3 Å². The molecule has 28 heavy (non-hydrogen) atoms. The third-order valence-electron chi connectivity index (χ3n) is 4.70. The number of amides is 4. The van der Waals surface area contributed by atoms with Crippen LogP contribution < -0.4 is 21.3 Å². The van der Waals surface area contributed by atoms with Crippen LogP contribution in [0.5, 0.6) is 0 Å². The molecule has 1 saturated heterocycles. The smallest absolute Gasteiger partial charge is 0.312 e. The third kappa shape index (κ3) is 5.09. The molecule has 4 N–H and O–H groups in total. The van der Waals surface area contributed by atoms with Crippen LogP contribution in [-0.4, -0.2) is 30.4 Å². The molecule has 0 aliphatic carbocycles. The highest BCUT2D eigenvalue weighted by atomic mass is 16.2. The lowest BCUT2D eigenvalue weighted by molar-refractivity contribution is -0.123. The van der Waals surface area contributed by atoms with Crippen molar-refractivity contribution < 1.29 is 14.4 Å². The van der Waals surface area contributed by atoms with Crippen LogP contribution in [0.25, 0.3) is 0 Å². The second-order valence-electron chi connectivity index (χ2n) is 6.78. The Morgan fingerprint density at radius 3 is 2.36 bits per heavy atom. The molecule has 2 aromatic carbocycles. The van der Waals surface area contributed by atoms with Crippen molar-refractivity contribution >= 4 is 23.5 Å². The zero-order valence-electron chi connectivity index (χ0n) is 15.6. The van der Waals surface area contributed by atoms with Crippen LogP contribution in [0.3, 0.4) is 0 Å². The molecule has 3 rings (SSSR count). The van der Waals surface area contributed by atoms with E-state index >= 15 is 0 Å². The lowest BCUT2D eigenvalue weighted by Gasteiger charge is -2.18. The normalized spacial score (nSPS) is 14.6. The summed E-state index contributed by atoms with van der Waals surface area (Å²) in [5.74, 6) is -0.163. The lowest BCUT2D eigenvalue weighted by atomic mass is 10.1. The van der Waals surface area contributed by atoms with Gasteiger partial charge in [0.05, 0.1) is 0 Å². The molecule has 1 fully saturated rings. The summed E-state index contributed by atoms with van der Waals surface area (Å²) >= 11 is 0. The molecule has 7 heteroatoms. The first-order chi connectivity index (χ1) is 13.5. The first kappa shape index (κ1) is 19.4. The minimum absolute atomic E-state index is 0.141. The minimum Gasteiger partial charge on any atom is -0.352 e. The number of carbonyl (C=O) groups excluding carboxylic acids is 3. The Hall–Kier alpha value is -3.35. The van der Waals surface area contributed by atoms with E-state index in [0.717, 1.165) is 29.8 Å². The number of nitrogens with two attached hydrogens (primary N) is 1. The number of urea groups is 1. The van der Waals surface area contributed by atoms with E-state index in [4.69, 9.17) is 5.73 Å². The molecule has 2 aromatic rings. The van der Waals surface area contributed by atoms with Crippen molar-refractivity contribution in [3.8, 4) is 0 Å². The van der Waals surface area contributed by atoms with Gasteiger partial charge in [0.1, 0.15) is 6.04 Å². The molecule has 4 amide bonds. The SMILES string of the molecule is NC(=O)N[C@H](Cc1ccccc1)C(=O)NCc1ccc(N2CCCC2=O)cc1. The van der Waals surface area contributed by atoms with Gasteiger partial charge in [0.25, 0.3) is 0 Å². The van der Waals surface area contributed by atoms with E-state index in [1.807, 2.05) is 54.6 Å². The summed E-state index contributed by atoms with van der Waals surface area (Å²) in [4.78, 5) is 37.4. The van der Waals surface area contributed by atoms with Crippen molar-refractivity contribution in [1.29, 1.82) is 0 Å². The fourth-order valence-electron chi connectivity index (χ4n) is 3.26. The molecule has 1 aliphatic heterocycles. The zero-order chi connectivity index (χ0) is 19.9. The van der Waals surface area contributed by atoms with E-state index in [2.05, 4.69) is 10.6 Å². The van der Waals surface area contributed by atoms with E-state index in [1.165, 1.54) is 0 Å². The second kappa shape index (κ2) is 9.03. The number of nitrogens with zero attached hydrogens (tertiary/aromatic N) is 1. The monoisotopic (exact) mass is 380 g/mol. The molecule has 1 heterocycles. The Labute approximate surface area is 163 Å². The van der Waals surface area contributed by atoms with Crippen LogP contribution in [0.2, 0.25) is 0 Å². The highest BCUT2D eigenvalue weighted by Gasteiger charge is 2.22. The fourth-order valence-corrected chi connectivity index (χ4v) is 3.26. The van der Waals surface area contributed by atoms with Crippen molar-refractivity contribution in [2.75, 3.05) is 11.4 Å². The highest BCUT2D eigenvalue weighted by Crippen LogP contribution is 2.21. The summed E-state index contributed by atoms with van der Waals surface area (Å²) in [6.07, 6.45) is 1.82. The average Bonchev–Trinajstić information content (AvgIpc) is 3.12. The van der Waals surface area contributed by atoms with Gasteiger partial charge in [0.2, 0.25) is 11.8 Å². The van der Waals surface area contributed by atoms with Gasteiger partial charge in [-0.2, -0.15) is 0 Å². The molecule has 0 aromatic heterocycles. The van der Waals surface area contributed by atoms with Gasteiger partial charge >= 0.3 is 6.03 Å².